The highest BCUT2D eigenvalue weighted by Crippen LogP contribution is 2.35. The molecule has 0 aromatic heterocycles. The van der Waals surface area contributed by atoms with Crippen molar-refractivity contribution in [2.45, 2.75) is 63.3 Å². The summed E-state index contributed by atoms with van der Waals surface area (Å²) < 4.78 is 11.6. The molecule has 2 aliphatic rings. The molecule has 2 fully saturated rings. The molecule has 4 nitrogen and oxygen atoms in total. The maximum atomic E-state index is 9.34. The van der Waals surface area contributed by atoms with Gasteiger partial charge in [0.25, 0.3) is 0 Å². The minimum atomic E-state index is -0.199. The fraction of sp³-hybridized carbons (Fsp3) is 0.929. The first-order valence-electron chi connectivity index (χ1n) is 7.10. The van der Waals surface area contributed by atoms with Gasteiger partial charge in [-0.3, -0.25) is 0 Å². The highest BCUT2D eigenvalue weighted by molar-refractivity contribution is 4.88. The van der Waals surface area contributed by atoms with E-state index in [9.17, 15) is 5.11 Å². The summed E-state index contributed by atoms with van der Waals surface area (Å²) in [7, 11) is 0. The molecular formula is C14H23NO3. The lowest BCUT2D eigenvalue weighted by Gasteiger charge is -2.26. The zero-order valence-corrected chi connectivity index (χ0v) is 10.9. The van der Waals surface area contributed by atoms with E-state index in [2.05, 4.69) is 6.07 Å². The van der Waals surface area contributed by atoms with Gasteiger partial charge in [-0.1, -0.05) is 19.3 Å². The summed E-state index contributed by atoms with van der Waals surface area (Å²) in [6, 6.07) is 2.07. The molecule has 1 N–H and O–H groups in total. The Kier molecular flexibility index (Phi) is 5.43. The summed E-state index contributed by atoms with van der Waals surface area (Å²) in [4.78, 5) is 0. The van der Waals surface area contributed by atoms with Crippen molar-refractivity contribution in [1.82, 2.24) is 0 Å². The van der Waals surface area contributed by atoms with Crippen LogP contribution in [0.4, 0.5) is 0 Å². The topological polar surface area (TPSA) is 62.5 Å². The fourth-order valence-corrected chi connectivity index (χ4v) is 3.15. The summed E-state index contributed by atoms with van der Waals surface area (Å²) >= 11 is 0. The number of nitrogens with zero attached hydrogens (tertiary/aromatic N) is 1. The van der Waals surface area contributed by atoms with E-state index in [1.54, 1.807) is 0 Å². The van der Waals surface area contributed by atoms with Crippen LogP contribution in [0.15, 0.2) is 0 Å². The molecule has 0 aromatic rings. The van der Waals surface area contributed by atoms with Crippen molar-refractivity contribution in [3.63, 3.8) is 0 Å². The molecule has 2 rings (SSSR count). The number of hydrogen-bond acceptors (Lipinski definition) is 4. The standard InChI is InChI=1S/C14H23NO3/c15-7-4-8-17-13-9-12(18-14(13)10-16)11-5-2-1-3-6-11/h11-14,16H,1-6,8-10H2/t12-,13?,14?/m1/s1. The molecular weight excluding hydrogens is 230 g/mol. The van der Waals surface area contributed by atoms with Crippen molar-refractivity contribution >= 4 is 0 Å². The average Bonchev–Trinajstić information content (AvgIpc) is 2.83. The van der Waals surface area contributed by atoms with Gasteiger partial charge in [0.1, 0.15) is 6.10 Å². The Morgan fingerprint density at radius 2 is 2.06 bits per heavy atom. The van der Waals surface area contributed by atoms with Gasteiger partial charge in [-0.15, -0.1) is 0 Å². The second-order valence-electron chi connectivity index (χ2n) is 5.35. The second-order valence-corrected chi connectivity index (χ2v) is 5.35. The largest absolute Gasteiger partial charge is 0.394 e. The van der Waals surface area contributed by atoms with Crippen LogP contribution in [0.2, 0.25) is 0 Å². The Morgan fingerprint density at radius 3 is 2.72 bits per heavy atom. The number of nitriles is 1. The summed E-state index contributed by atoms with van der Waals surface area (Å²) in [5.41, 5.74) is 0. The second kappa shape index (κ2) is 7.08. The lowest BCUT2D eigenvalue weighted by Crippen LogP contribution is -2.28. The number of ether oxygens (including phenoxy) is 2. The molecule has 0 aromatic carbocycles. The van der Waals surface area contributed by atoms with E-state index in [4.69, 9.17) is 14.7 Å². The highest BCUT2D eigenvalue weighted by atomic mass is 16.6. The van der Waals surface area contributed by atoms with Gasteiger partial charge >= 0.3 is 0 Å². The first kappa shape index (κ1) is 13.8. The van der Waals surface area contributed by atoms with E-state index in [0.29, 0.717) is 18.9 Å². The maximum absolute atomic E-state index is 9.34. The fourth-order valence-electron chi connectivity index (χ4n) is 3.15. The van der Waals surface area contributed by atoms with E-state index in [-0.39, 0.29) is 24.9 Å². The molecule has 0 bridgehead atoms. The maximum Gasteiger partial charge on any atom is 0.107 e. The lowest BCUT2D eigenvalue weighted by molar-refractivity contribution is -0.0587. The summed E-state index contributed by atoms with van der Waals surface area (Å²) in [5, 5.41) is 17.8. The summed E-state index contributed by atoms with van der Waals surface area (Å²) in [6.07, 6.45) is 7.73. The third-order valence-corrected chi connectivity index (χ3v) is 4.13. The van der Waals surface area contributed by atoms with E-state index < -0.39 is 0 Å². The van der Waals surface area contributed by atoms with Crippen LogP contribution in [0.25, 0.3) is 0 Å². The molecule has 0 spiro atoms. The van der Waals surface area contributed by atoms with Crippen molar-refractivity contribution in [3.8, 4) is 6.07 Å². The summed E-state index contributed by atoms with van der Waals surface area (Å²) in [6.45, 7) is 0.457. The van der Waals surface area contributed by atoms with Crippen LogP contribution in [-0.2, 0) is 9.47 Å². The lowest BCUT2D eigenvalue weighted by atomic mass is 9.84. The van der Waals surface area contributed by atoms with Gasteiger partial charge in [0.2, 0.25) is 0 Å². The molecule has 1 aliphatic heterocycles. The highest BCUT2D eigenvalue weighted by Gasteiger charge is 2.39. The molecule has 0 radical (unpaired) electrons. The van der Waals surface area contributed by atoms with Crippen molar-refractivity contribution in [3.05, 3.63) is 0 Å². The van der Waals surface area contributed by atoms with Crippen LogP contribution in [0, 0.1) is 17.2 Å². The number of hydrogen-bond donors (Lipinski definition) is 1. The Labute approximate surface area is 109 Å². The summed E-state index contributed by atoms with van der Waals surface area (Å²) in [5.74, 6) is 0.636. The van der Waals surface area contributed by atoms with Crippen molar-refractivity contribution in [2.75, 3.05) is 13.2 Å². The number of aliphatic hydroxyl groups is 1. The molecule has 4 heteroatoms. The smallest absolute Gasteiger partial charge is 0.107 e. The van der Waals surface area contributed by atoms with Crippen LogP contribution < -0.4 is 0 Å². The predicted molar refractivity (Wildman–Crippen MR) is 66.9 cm³/mol. The minimum absolute atomic E-state index is 0.0143. The van der Waals surface area contributed by atoms with Crippen molar-refractivity contribution in [1.29, 1.82) is 5.26 Å². The van der Waals surface area contributed by atoms with Crippen LogP contribution in [0.1, 0.15) is 44.9 Å². The van der Waals surface area contributed by atoms with E-state index >= 15 is 0 Å². The van der Waals surface area contributed by atoms with Crippen LogP contribution in [-0.4, -0.2) is 36.6 Å². The van der Waals surface area contributed by atoms with Gasteiger partial charge in [0.15, 0.2) is 0 Å². The monoisotopic (exact) mass is 253 g/mol. The molecule has 2 unspecified atom stereocenters. The first-order valence-corrected chi connectivity index (χ1v) is 7.10. The van der Waals surface area contributed by atoms with Gasteiger partial charge in [0, 0.05) is 6.42 Å². The van der Waals surface area contributed by atoms with Crippen molar-refractivity contribution in [2.24, 2.45) is 5.92 Å². The van der Waals surface area contributed by atoms with Gasteiger partial charge in [-0.2, -0.15) is 5.26 Å². The Balaban J connectivity index is 1.82. The SMILES string of the molecule is N#CCCOC1C[C@H](C2CCCCC2)OC1CO. The molecule has 0 amide bonds. The van der Waals surface area contributed by atoms with Crippen molar-refractivity contribution < 1.29 is 14.6 Å². The number of rotatable bonds is 5. The van der Waals surface area contributed by atoms with E-state index in [1.807, 2.05) is 0 Å². The predicted octanol–water partition coefficient (Wildman–Crippen LogP) is 2.02. The molecule has 1 aliphatic carbocycles. The Hall–Kier alpha value is -0.630. The molecule has 102 valence electrons. The Morgan fingerprint density at radius 1 is 1.28 bits per heavy atom. The van der Waals surface area contributed by atoms with E-state index in [1.165, 1.54) is 32.1 Å². The average molecular weight is 253 g/mol. The van der Waals surface area contributed by atoms with Crippen LogP contribution in [0.5, 0.6) is 0 Å². The molecule has 18 heavy (non-hydrogen) atoms. The normalized spacial score (nSPS) is 33.4. The zero-order chi connectivity index (χ0) is 12.8. The molecule has 1 saturated heterocycles. The minimum Gasteiger partial charge on any atom is -0.394 e. The molecule has 1 saturated carbocycles. The van der Waals surface area contributed by atoms with Gasteiger partial charge in [-0.05, 0) is 18.8 Å². The van der Waals surface area contributed by atoms with Crippen LogP contribution in [0.3, 0.4) is 0 Å². The Bertz CT molecular complexity index is 283. The van der Waals surface area contributed by atoms with Gasteiger partial charge < -0.3 is 14.6 Å². The molecule has 1 heterocycles. The third-order valence-electron chi connectivity index (χ3n) is 4.13. The van der Waals surface area contributed by atoms with Gasteiger partial charge in [0.05, 0.1) is 37.9 Å². The first-order chi connectivity index (χ1) is 8.85. The quantitative estimate of drug-likeness (QED) is 0.761. The molecule has 3 atom stereocenters. The zero-order valence-electron chi connectivity index (χ0n) is 10.9. The number of aliphatic hydroxyl groups excluding tert-OH is 1. The van der Waals surface area contributed by atoms with E-state index in [0.717, 1.165) is 6.42 Å². The van der Waals surface area contributed by atoms with Gasteiger partial charge in [-0.25, -0.2) is 0 Å². The third kappa shape index (κ3) is 3.44. The van der Waals surface area contributed by atoms with Crippen LogP contribution >= 0.6 is 0 Å².